The van der Waals surface area contributed by atoms with Crippen molar-refractivity contribution >= 4 is 22.5 Å². The Bertz CT molecular complexity index is 564. The first-order valence-electron chi connectivity index (χ1n) is 3.94. The van der Waals surface area contributed by atoms with Gasteiger partial charge >= 0.3 is 0 Å². The molecule has 0 saturated heterocycles. The molecule has 0 fully saturated rings. The van der Waals surface area contributed by atoms with Gasteiger partial charge in [0.15, 0.2) is 0 Å². The van der Waals surface area contributed by atoms with E-state index in [-0.39, 0.29) is 10.4 Å². The lowest BCUT2D eigenvalue weighted by Gasteiger charge is -2.00. The molecule has 1 heterocycles. The number of nitrogens with zero attached hydrogens (tertiary/aromatic N) is 1. The molecule has 0 aliphatic rings. The van der Waals surface area contributed by atoms with Crippen LogP contribution < -0.4 is 5.56 Å². The quantitative estimate of drug-likeness (QED) is 0.726. The summed E-state index contributed by atoms with van der Waals surface area (Å²) in [4.78, 5) is 17.9. The predicted octanol–water partition coefficient (Wildman–Crippen LogP) is 2.02. The van der Waals surface area contributed by atoms with Crippen LogP contribution in [0.25, 0.3) is 10.9 Å². The van der Waals surface area contributed by atoms with Crippen LogP contribution in [0.4, 0.5) is 4.39 Å². The summed E-state index contributed by atoms with van der Waals surface area (Å²) in [6.45, 7) is 1.65. The van der Waals surface area contributed by atoms with Gasteiger partial charge < -0.3 is 4.98 Å². The molecule has 2 rings (SSSR count). The van der Waals surface area contributed by atoms with Gasteiger partial charge in [-0.15, -0.1) is 0 Å². The normalized spacial score (nSPS) is 10.8. The minimum Gasteiger partial charge on any atom is -0.310 e. The molecule has 3 nitrogen and oxygen atoms in total. The Morgan fingerprint density at radius 3 is 2.93 bits per heavy atom. The van der Waals surface area contributed by atoms with Crippen molar-refractivity contribution in [2.24, 2.45) is 0 Å². The molecular formula is C9H6ClFN2O. The van der Waals surface area contributed by atoms with E-state index in [1.807, 2.05) is 0 Å². The van der Waals surface area contributed by atoms with Crippen molar-refractivity contribution in [3.05, 3.63) is 39.2 Å². The van der Waals surface area contributed by atoms with Crippen LogP contribution in [0.15, 0.2) is 16.9 Å². The maximum atomic E-state index is 13.0. The van der Waals surface area contributed by atoms with Crippen LogP contribution >= 0.6 is 11.6 Å². The van der Waals surface area contributed by atoms with Crippen LogP contribution in [0.1, 0.15) is 5.82 Å². The van der Waals surface area contributed by atoms with Gasteiger partial charge in [-0.2, -0.15) is 0 Å². The minimum absolute atomic E-state index is 0.0947. The van der Waals surface area contributed by atoms with Gasteiger partial charge in [0.25, 0.3) is 5.56 Å². The predicted molar refractivity (Wildman–Crippen MR) is 52.1 cm³/mol. The average Bonchev–Trinajstić information content (AvgIpc) is 2.10. The highest BCUT2D eigenvalue weighted by Gasteiger charge is 2.09. The molecule has 0 aliphatic heterocycles. The average molecular weight is 213 g/mol. The molecule has 72 valence electrons. The second-order valence-corrected chi connectivity index (χ2v) is 3.28. The second kappa shape index (κ2) is 3.06. The fourth-order valence-electron chi connectivity index (χ4n) is 1.29. The Labute approximate surface area is 83.5 Å². The molecule has 0 spiro atoms. The number of hydrogen-bond acceptors (Lipinski definition) is 2. The van der Waals surface area contributed by atoms with E-state index in [2.05, 4.69) is 9.97 Å². The smallest absolute Gasteiger partial charge is 0.260 e. The third-order valence-corrected chi connectivity index (χ3v) is 2.25. The van der Waals surface area contributed by atoms with Crippen molar-refractivity contribution in [1.82, 2.24) is 9.97 Å². The molecule has 0 atom stereocenters. The Morgan fingerprint density at radius 1 is 1.50 bits per heavy atom. The maximum Gasteiger partial charge on any atom is 0.260 e. The first-order chi connectivity index (χ1) is 6.59. The Morgan fingerprint density at radius 2 is 2.21 bits per heavy atom. The van der Waals surface area contributed by atoms with Crippen LogP contribution in [0, 0.1) is 12.7 Å². The van der Waals surface area contributed by atoms with E-state index in [0.717, 1.165) is 0 Å². The van der Waals surface area contributed by atoms with E-state index in [1.54, 1.807) is 6.92 Å². The SMILES string of the molecule is Cc1nc2ccc(F)c(Cl)c2c(=O)[nH]1. The van der Waals surface area contributed by atoms with Crippen LogP contribution in [-0.2, 0) is 0 Å². The fourth-order valence-corrected chi connectivity index (χ4v) is 1.53. The van der Waals surface area contributed by atoms with Crippen LogP contribution in [-0.4, -0.2) is 9.97 Å². The molecule has 0 aliphatic carbocycles. The summed E-state index contributed by atoms with van der Waals surface area (Å²) >= 11 is 5.65. The highest BCUT2D eigenvalue weighted by molar-refractivity contribution is 6.35. The molecule has 0 saturated carbocycles. The zero-order valence-corrected chi connectivity index (χ0v) is 8.02. The Kier molecular flexibility index (Phi) is 2.00. The topological polar surface area (TPSA) is 45.8 Å². The van der Waals surface area contributed by atoms with Gasteiger partial charge in [0.05, 0.1) is 15.9 Å². The molecule has 14 heavy (non-hydrogen) atoms. The van der Waals surface area contributed by atoms with Gasteiger partial charge in [-0.3, -0.25) is 4.79 Å². The molecule has 0 bridgehead atoms. The molecule has 0 amide bonds. The summed E-state index contributed by atoms with van der Waals surface area (Å²) in [5, 5.41) is -0.0893. The largest absolute Gasteiger partial charge is 0.310 e. The molecule has 0 radical (unpaired) electrons. The summed E-state index contributed by atoms with van der Waals surface area (Å²) in [7, 11) is 0. The molecule has 1 N–H and O–H groups in total. The molecular weight excluding hydrogens is 207 g/mol. The Hall–Kier alpha value is -1.42. The maximum absolute atomic E-state index is 13.0. The lowest BCUT2D eigenvalue weighted by atomic mass is 10.2. The first-order valence-corrected chi connectivity index (χ1v) is 4.32. The van der Waals surface area contributed by atoms with E-state index in [9.17, 15) is 9.18 Å². The van der Waals surface area contributed by atoms with Crippen molar-refractivity contribution < 1.29 is 4.39 Å². The third-order valence-electron chi connectivity index (χ3n) is 1.88. The lowest BCUT2D eigenvalue weighted by molar-refractivity contribution is 0.630. The van der Waals surface area contributed by atoms with Crippen molar-refractivity contribution in [3.63, 3.8) is 0 Å². The molecule has 1 aromatic carbocycles. The number of halogens is 2. The number of H-pyrrole nitrogens is 1. The van der Waals surface area contributed by atoms with E-state index >= 15 is 0 Å². The number of fused-ring (bicyclic) bond motifs is 1. The molecule has 1 aromatic heterocycles. The van der Waals surface area contributed by atoms with Gasteiger partial charge in [-0.05, 0) is 19.1 Å². The van der Waals surface area contributed by atoms with Crippen molar-refractivity contribution in [3.8, 4) is 0 Å². The summed E-state index contributed by atoms with van der Waals surface area (Å²) in [6.07, 6.45) is 0. The molecule has 0 unspecified atom stereocenters. The second-order valence-electron chi connectivity index (χ2n) is 2.91. The van der Waals surface area contributed by atoms with Crippen LogP contribution in [0.2, 0.25) is 5.02 Å². The number of aromatic nitrogens is 2. The minimum atomic E-state index is -0.615. The number of aryl methyl sites for hydroxylation is 1. The van der Waals surface area contributed by atoms with Crippen molar-refractivity contribution in [2.75, 3.05) is 0 Å². The highest BCUT2D eigenvalue weighted by Crippen LogP contribution is 2.21. The van der Waals surface area contributed by atoms with E-state index in [0.29, 0.717) is 11.3 Å². The number of benzene rings is 1. The Balaban J connectivity index is 3.03. The molecule has 5 heteroatoms. The lowest BCUT2D eigenvalue weighted by Crippen LogP contribution is -2.10. The molecule has 2 aromatic rings. The van der Waals surface area contributed by atoms with E-state index < -0.39 is 11.4 Å². The van der Waals surface area contributed by atoms with Gasteiger partial charge in [0.2, 0.25) is 0 Å². The fraction of sp³-hybridized carbons (Fsp3) is 0.111. The zero-order valence-electron chi connectivity index (χ0n) is 7.27. The first kappa shape index (κ1) is 9.15. The number of rotatable bonds is 0. The number of nitrogens with one attached hydrogen (secondary N) is 1. The third kappa shape index (κ3) is 1.28. The van der Waals surface area contributed by atoms with Crippen LogP contribution in [0.3, 0.4) is 0 Å². The summed E-state index contributed by atoms with van der Waals surface area (Å²) in [6, 6.07) is 2.62. The number of hydrogen-bond donors (Lipinski definition) is 1. The van der Waals surface area contributed by atoms with Gasteiger partial charge in [-0.1, -0.05) is 11.6 Å². The highest BCUT2D eigenvalue weighted by atomic mass is 35.5. The van der Waals surface area contributed by atoms with Gasteiger partial charge in [0, 0.05) is 0 Å². The van der Waals surface area contributed by atoms with Crippen molar-refractivity contribution in [1.29, 1.82) is 0 Å². The van der Waals surface area contributed by atoms with Crippen molar-refractivity contribution in [2.45, 2.75) is 6.92 Å². The number of aromatic amines is 1. The zero-order chi connectivity index (χ0) is 10.3. The van der Waals surface area contributed by atoms with E-state index in [1.165, 1.54) is 12.1 Å². The van der Waals surface area contributed by atoms with Gasteiger partial charge in [0.1, 0.15) is 11.6 Å². The van der Waals surface area contributed by atoms with Gasteiger partial charge in [-0.25, -0.2) is 9.37 Å². The summed E-state index contributed by atoms with van der Waals surface area (Å²) in [5.74, 6) is -0.138. The summed E-state index contributed by atoms with van der Waals surface area (Å²) in [5.41, 5.74) is -0.0188. The summed E-state index contributed by atoms with van der Waals surface area (Å²) < 4.78 is 13.0. The van der Waals surface area contributed by atoms with E-state index in [4.69, 9.17) is 11.6 Å². The standard InChI is InChI=1S/C9H6ClFN2O/c1-4-12-6-3-2-5(11)8(10)7(6)9(14)13-4/h2-3H,1H3,(H,12,13,14). The monoisotopic (exact) mass is 212 g/mol. The van der Waals surface area contributed by atoms with Crippen LogP contribution in [0.5, 0.6) is 0 Å².